The molecule has 1 saturated heterocycles. The highest BCUT2D eigenvalue weighted by Crippen LogP contribution is 2.41. The molecule has 0 saturated carbocycles. The Morgan fingerprint density at radius 2 is 2.18 bits per heavy atom. The molecule has 15 heteroatoms. The number of fused-ring (bicyclic) bond motifs is 1. The number of amides is 2. The van der Waals surface area contributed by atoms with Crippen LogP contribution in [0.15, 0.2) is 33.6 Å². The summed E-state index contributed by atoms with van der Waals surface area (Å²) in [6.07, 6.45) is 1.96. The molecule has 2 aliphatic rings. The molecule has 0 aliphatic carbocycles. The molecule has 1 unspecified atom stereocenters. The molecule has 4 N–H and O–H groups in total. The maximum absolute atomic E-state index is 12.9. The number of allylic oxidation sites excluding steroid dienone is 1. The number of rotatable bonds is 7. The van der Waals surface area contributed by atoms with Crippen molar-refractivity contribution in [3.63, 3.8) is 0 Å². The minimum Gasteiger partial charge on any atom is -0.449 e. The van der Waals surface area contributed by atoms with Gasteiger partial charge in [0.1, 0.15) is 24.2 Å². The average molecular weight is 523 g/mol. The van der Waals surface area contributed by atoms with Crippen molar-refractivity contribution in [1.29, 1.82) is 0 Å². The highest BCUT2D eigenvalue weighted by atomic mass is 32.2. The van der Waals surface area contributed by atoms with E-state index in [1.807, 2.05) is 6.92 Å². The van der Waals surface area contributed by atoms with E-state index in [2.05, 4.69) is 20.4 Å². The summed E-state index contributed by atoms with van der Waals surface area (Å²) in [6, 6.07) is -0.919. The van der Waals surface area contributed by atoms with Crippen molar-refractivity contribution in [2.24, 2.45) is 5.16 Å². The molecule has 178 valence electrons. The molecule has 2 aliphatic heterocycles. The van der Waals surface area contributed by atoms with Gasteiger partial charge in [0.15, 0.2) is 10.8 Å². The summed E-state index contributed by atoms with van der Waals surface area (Å²) >= 11 is 3.93. The molecule has 2 aromatic heterocycles. The number of aryl methyl sites for hydroxylation is 1. The third-order valence-electron chi connectivity index (χ3n) is 4.80. The van der Waals surface area contributed by atoms with E-state index in [-0.39, 0.29) is 22.4 Å². The Morgan fingerprint density at radius 1 is 1.38 bits per heavy atom. The molecule has 0 bridgehead atoms. The van der Waals surface area contributed by atoms with Gasteiger partial charge in [0.2, 0.25) is 5.88 Å². The second-order valence-electron chi connectivity index (χ2n) is 6.89. The molecule has 4 rings (SSSR count). The van der Waals surface area contributed by atoms with E-state index in [1.54, 1.807) is 23.0 Å². The quantitative estimate of drug-likeness (QED) is 0.211. The van der Waals surface area contributed by atoms with Crippen LogP contribution in [0.5, 0.6) is 0 Å². The van der Waals surface area contributed by atoms with Crippen LogP contribution in [-0.4, -0.2) is 67.9 Å². The molecule has 12 nitrogen and oxygen atoms in total. The van der Waals surface area contributed by atoms with Gasteiger partial charge >= 0.3 is 6.16 Å². The Labute approximate surface area is 205 Å². The zero-order valence-corrected chi connectivity index (χ0v) is 20.2. The topological polar surface area (TPSA) is 169 Å². The van der Waals surface area contributed by atoms with E-state index >= 15 is 0 Å². The maximum Gasteiger partial charge on any atom is 0.512 e. The van der Waals surface area contributed by atoms with Crippen molar-refractivity contribution in [3.8, 4) is 0 Å². The lowest BCUT2D eigenvalue weighted by Gasteiger charge is -2.48. The molecular weight excluding hydrogens is 504 g/mol. The van der Waals surface area contributed by atoms with Crippen LogP contribution in [0.4, 0.5) is 9.93 Å². The van der Waals surface area contributed by atoms with Crippen molar-refractivity contribution >= 4 is 69.3 Å². The Balaban J connectivity index is 1.54. The molecule has 2 aromatic rings. The summed E-state index contributed by atoms with van der Waals surface area (Å²) in [5.41, 5.74) is 8.77. The van der Waals surface area contributed by atoms with Gasteiger partial charge in [-0.25, -0.2) is 14.8 Å². The fourth-order valence-electron chi connectivity index (χ4n) is 3.24. The Kier molecular flexibility index (Phi) is 6.85. The number of nitrogens with two attached hydrogens (primary N) is 1. The lowest BCUT2D eigenvalue weighted by Crippen LogP contribution is -2.70. The van der Waals surface area contributed by atoms with Crippen LogP contribution in [-0.2, 0) is 19.2 Å². The molecule has 2 atom stereocenters. The fraction of sp³-hybridized carbons (Fsp3) is 0.263. The lowest BCUT2D eigenvalue weighted by atomic mass is 10.1. The van der Waals surface area contributed by atoms with Crippen LogP contribution in [0, 0.1) is 6.92 Å². The first kappa shape index (κ1) is 23.7. The number of carbonyl (C=O) groups is 3. The van der Waals surface area contributed by atoms with Crippen LogP contribution in [0.2, 0.25) is 0 Å². The van der Waals surface area contributed by atoms with Crippen molar-refractivity contribution in [1.82, 2.24) is 20.2 Å². The van der Waals surface area contributed by atoms with E-state index in [9.17, 15) is 19.5 Å². The number of aromatic nitrogens is 2. The van der Waals surface area contributed by atoms with Crippen molar-refractivity contribution in [3.05, 3.63) is 44.7 Å². The molecule has 0 spiro atoms. The molecule has 0 aromatic carbocycles. The van der Waals surface area contributed by atoms with E-state index in [1.165, 1.54) is 35.1 Å². The standard InChI is InChI=1S/C19H18N6O6S3/c1-8-11(34-7-21-8)4-3-9-5-32-17-13(15(27)25(17)16(9)31-19(28)29)23-14(26)12(24-30-2)10-6-33-18(20)22-10/h3-4,6-7,13,17H,5H2,1-2H3,(H2,20,22)(H,23,26)(H,28,29)/t13?,17-/m0/s1. The number of nitrogens with one attached hydrogen (secondary N) is 1. The zero-order chi connectivity index (χ0) is 24.4. The minimum absolute atomic E-state index is 0.0803. The van der Waals surface area contributed by atoms with Gasteiger partial charge in [-0.15, -0.1) is 34.4 Å². The number of β-lactam (4-membered cyclic amide) rings is 1. The summed E-state index contributed by atoms with van der Waals surface area (Å²) in [4.78, 5) is 52.1. The second kappa shape index (κ2) is 9.82. The van der Waals surface area contributed by atoms with Crippen LogP contribution in [0.3, 0.4) is 0 Å². The van der Waals surface area contributed by atoms with Gasteiger partial charge in [0.25, 0.3) is 11.8 Å². The summed E-state index contributed by atoms with van der Waals surface area (Å²) < 4.78 is 4.97. The number of thiazole rings is 2. The number of ether oxygens (including phenoxy) is 1. The zero-order valence-electron chi connectivity index (χ0n) is 17.8. The summed E-state index contributed by atoms with van der Waals surface area (Å²) in [7, 11) is 1.28. The van der Waals surface area contributed by atoms with Crippen LogP contribution in [0.25, 0.3) is 6.08 Å². The van der Waals surface area contributed by atoms with E-state index in [0.717, 1.165) is 21.9 Å². The SMILES string of the molecule is CON=C(C(=O)NC1C(=O)N2C(OC(=O)O)=C(C=Cc3scnc3C)CS[C@@H]12)c1csc(N)n1. The van der Waals surface area contributed by atoms with Gasteiger partial charge in [-0.05, 0) is 13.0 Å². The summed E-state index contributed by atoms with van der Waals surface area (Å²) in [5.74, 6) is -0.916. The number of hydrogen-bond donors (Lipinski definition) is 3. The molecule has 0 radical (unpaired) electrons. The Bertz CT molecular complexity index is 1230. The number of nitrogens with zero attached hydrogens (tertiary/aromatic N) is 4. The minimum atomic E-state index is -1.54. The van der Waals surface area contributed by atoms with E-state index in [4.69, 9.17) is 15.3 Å². The number of nitrogen functional groups attached to an aromatic ring is 1. The fourth-order valence-corrected chi connectivity index (χ4v) is 5.78. The molecule has 2 amide bonds. The first-order chi connectivity index (χ1) is 16.3. The second-order valence-corrected chi connectivity index (χ2v) is 9.77. The molecular formula is C19H18N6O6S3. The molecule has 1 fully saturated rings. The number of oxime groups is 1. The highest BCUT2D eigenvalue weighted by Gasteiger charge is 2.54. The molecule has 4 heterocycles. The average Bonchev–Trinajstić information content (AvgIpc) is 3.41. The maximum atomic E-state index is 12.9. The monoisotopic (exact) mass is 522 g/mol. The van der Waals surface area contributed by atoms with Crippen molar-refractivity contribution < 1.29 is 29.1 Å². The first-order valence-corrected chi connectivity index (χ1v) is 12.4. The third-order valence-corrected chi connectivity index (χ3v) is 7.67. The van der Waals surface area contributed by atoms with Crippen LogP contribution >= 0.6 is 34.4 Å². The lowest BCUT2D eigenvalue weighted by molar-refractivity contribution is -0.148. The van der Waals surface area contributed by atoms with Gasteiger partial charge in [-0.3, -0.25) is 14.5 Å². The number of anilines is 1. The number of carboxylic acid groups (broad SMARTS) is 1. The molecule has 34 heavy (non-hydrogen) atoms. The van der Waals surface area contributed by atoms with Crippen LogP contribution < -0.4 is 11.1 Å². The van der Waals surface area contributed by atoms with E-state index < -0.39 is 29.4 Å². The van der Waals surface area contributed by atoms with Crippen molar-refractivity contribution in [2.75, 3.05) is 18.6 Å². The third kappa shape index (κ3) is 4.62. The predicted octanol–water partition coefficient (Wildman–Crippen LogP) is 1.86. The van der Waals surface area contributed by atoms with Gasteiger partial charge in [-0.2, -0.15) is 0 Å². The van der Waals surface area contributed by atoms with Gasteiger partial charge in [0, 0.05) is 21.6 Å². The number of carbonyl (C=O) groups excluding carboxylic acids is 2. The Hall–Kier alpha value is -3.43. The van der Waals surface area contributed by atoms with Gasteiger partial charge in [-0.1, -0.05) is 11.2 Å². The first-order valence-electron chi connectivity index (χ1n) is 9.60. The summed E-state index contributed by atoms with van der Waals surface area (Å²) in [5, 5.41) is 16.8. The van der Waals surface area contributed by atoms with Gasteiger partial charge in [0.05, 0.1) is 11.2 Å². The normalized spacial score (nSPS) is 20.2. The highest BCUT2D eigenvalue weighted by molar-refractivity contribution is 8.00. The van der Waals surface area contributed by atoms with Crippen molar-refractivity contribution in [2.45, 2.75) is 18.3 Å². The van der Waals surface area contributed by atoms with Crippen LogP contribution in [0.1, 0.15) is 16.3 Å². The smallest absolute Gasteiger partial charge is 0.449 e. The predicted molar refractivity (Wildman–Crippen MR) is 127 cm³/mol. The van der Waals surface area contributed by atoms with E-state index in [0.29, 0.717) is 11.3 Å². The van der Waals surface area contributed by atoms with Gasteiger partial charge < -0.3 is 25.7 Å². The Morgan fingerprint density at radius 3 is 2.79 bits per heavy atom. The number of thioether (sulfide) groups is 1. The number of hydrogen-bond acceptors (Lipinski definition) is 12. The summed E-state index contributed by atoms with van der Waals surface area (Å²) in [6.45, 7) is 1.86. The largest absolute Gasteiger partial charge is 0.512 e.